The molecular formula is C21H16N5+. The van der Waals surface area contributed by atoms with Crippen molar-refractivity contribution in [3.8, 4) is 17.1 Å². The molecule has 0 amide bonds. The van der Waals surface area contributed by atoms with E-state index < -0.39 is 6.98 Å². The van der Waals surface area contributed by atoms with Crippen molar-refractivity contribution in [1.82, 2.24) is 19.1 Å². The Hall–Kier alpha value is -3.47. The predicted molar refractivity (Wildman–Crippen MR) is 100 cm³/mol. The van der Waals surface area contributed by atoms with Crippen LogP contribution in [0.25, 0.3) is 39.3 Å². The summed E-state index contributed by atoms with van der Waals surface area (Å²) in [7, 11) is 0. The molecule has 0 unspecified atom stereocenters. The maximum atomic E-state index is 8.31. The predicted octanol–water partition coefficient (Wildman–Crippen LogP) is 3.23. The maximum Gasteiger partial charge on any atom is 0.276 e. The minimum Gasteiger partial charge on any atom is -0.264 e. The van der Waals surface area contributed by atoms with E-state index in [1.165, 1.54) is 4.57 Å². The summed E-state index contributed by atoms with van der Waals surface area (Å²) in [5.41, 5.74) is 5.11. The van der Waals surface area contributed by atoms with E-state index in [0.29, 0.717) is 17.9 Å². The third kappa shape index (κ3) is 1.57. The summed E-state index contributed by atoms with van der Waals surface area (Å²) in [6.45, 7) is -1.77. The van der Waals surface area contributed by atoms with Gasteiger partial charge in [-0.2, -0.15) is 0 Å². The van der Waals surface area contributed by atoms with Gasteiger partial charge in [0.15, 0.2) is 5.52 Å². The van der Waals surface area contributed by atoms with Crippen LogP contribution in [0, 0.1) is 0 Å². The summed E-state index contributed by atoms with van der Waals surface area (Å²) in [6.07, 6.45) is 5.26. The van der Waals surface area contributed by atoms with E-state index in [2.05, 4.69) is 19.1 Å². The van der Waals surface area contributed by atoms with Gasteiger partial charge in [-0.15, -0.1) is 0 Å². The Morgan fingerprint density at radius 1 is 1.08 bits per heavy atom. The molecule has 5 aromatic rings. The molecular weight excluding hydrogens is 322 g/mol. The highest BCUT2D eigenvalue weighted by atomic mass is 15.3. The van der Waals surface area contributed by atoms with Crippen LogP contribution in [0.4, 0.5) is 0 Å². The first-order valence-electron chi connectivity index (χ1n) is 9.98. The van der Waals surface area contributed by atoms with Crippen molar-refractivity contribution in [2.24, 2.45) is 6.98 Å². The highest BCUT2D eigenvalue weighted by molar-refractivity contribution is 6.04. The van der Waals surface area contributed by atoms with Gasteiger partial charge in [-0.05, 0) is 30.3 Å². The van der Waals surface area contributed by atoms with E-state index in [9.17, 15) is 0 Å². The summed E-state index contributed by atoms with van der Waals surface area (Å²) >= 11 is 0. The first-order chi connectivity index (χ1) is 14.1. The van der Waals surface area contributed by atoms with Crippen molar-refractivity contribution in [3.63, 3.8) is 0 Å². The zero-order valence-electron chi connectivity index (χ0n) is 16.8. The zero-order chi connectivity index (χ0) is 19.8. The number of fused-ring (bicyclic) bond motifs is 7. The van der Waals surface area contributed by atoms with Crippen LogP contribution in [-0.4, -0.2) is 19.1 Å². The molecule has 0 bridgehead atoms. The average Bonchev–Trinajstić information content (AvgIpc) is 3.34. The second-order valence-electron chi connectivity index (χ2n) is 6.50. The molecule has 0 aliphatic carbocycles. The molecule has 0 spiro atoms. The van der Waals surface area contributed by atoms with Crippen LogP contribution >= 0.6 is 0 Å². The van der Waals surface area contributed by atoms with Gasteiger partial charge in [0.25, 0.3) is 5.65 Å². The van der Waals surface area contributed by atoms with Gasteiger partial charge in [-0.3, -0.25) is 9.55 Å². The van der Waals surface area contributed by atoms with Gasteiger partial charge in [-0.25, -0.2) is 14.1 Å². The van der Waals surface area contributed by atoms with E-state index in [4.69, 9.17) is 4.11 Å². The Kier molecular flexibility index (Phi) is 2.06. The molecule has 0 saturated heterocycles. The topological polar surface area (TPSA) is 39.5 Å². The van der Waals surface area contributed by atoms with Crippen LogP contribution in [0.5, 0.6) is 0 Å². The first kappa shape index (κ1) is 11.2. The number of nitrogens with zero attached hydrogens (tertiary/aromatic N) is 5. The van der Waals surface area contributed by atoms with Gasteiger partial charge < -0.3 is 0 Å². The lowest BCUT2D eigenvalue weighted by molar-refractivity contribution is -0.648. The molecule has 5 heteroatoms. The Morgan fingerprint density at radius 3 is 2.88 bits per heavy atom. The lowest BCUT2D eigenvalue weighted by atomic mass is 10.2. The largest absolute Gasteiger partial charge is 0.276 e. The lowest BCUT2D eigenvalue weighted by Crippen LogP contribution is -2.33. The lowest BCUT2D eigenvalue weighted by Gasteiger charge is -2.02. The monoisotopic (exact) mass is 341 g/mol. The number of aromatic nitrogens is 5. The Labute approximate surface area is 154 Å². The quantitative estimate of drug-likeness (QED) is 0.431. The standard InChI is InChI=1S/C21H16N5/c1-24-18-17-8-5-10-23-19(17)26(15-6-3-2-4-7-15)21(18)25-13-14-12-22-11-9-16(14)20(24)25/h2-12H,13H2,1H3/q+1/i1D3. The molecule has 1 aliphatic rings. The van der Waals surface area contributed by atoms with Crippen LogP contribution in [0.1, 0.15) is 9.68 Å². The molecule has 0 radical (unpaired) electrons. The molecule has 0 atom stereocenters. The molecule has 124 valence electrons. The van der Waals surface area contributed by atoms with E-state index in [0.717, 1.165) is 33.5 Å². The second-order valence-corrected chi connectivity index (χ2v) is 6.50. The van der Waals surface area contributed by atoms with Crippen molar-refractivity contribution in [2.75, 3.05) is 0 Å². The Bertz CT molecular complexity index is 1410. The van der Waals surface area contributed by atoms with Crippen molar-refractivity contribution < 1.29 is 8.68 Å². The zero-order valence-corrected chi connectivity index (χ0v) is 13.8. The fraction of sp³-hybridized carbons (Fsp3) is 0.0952. The number of benzene rings is 1. The normalized spacial score (nSPS) is 14.8. The number of rotatable bonds is 1. The van der Waals surface area contributed by atoms with Crippen molar-refractivity contribution >= 4 is 22.2 Å². The summed E-state index contributed by atoms with van der Waals surface area (Å²) < 4.78 is 30.5. The number of pyridine rings is 2. The smallest absolute Gasteiger partial charge is 0.264 e. The van der Waals surface area contributed by atoms with Crippen LogP contribution in [0.2, 0.25) is 0 Å². The molecule has 6 rings (SSSR count). The number of hydrogen-bond acceptors (Lipinski definition) is 2. The fourth-order valence-corrected chi connectivity index (χ4v) is 4.06. The molecule has 1 aliphatic heterocycles. The van der Waals surface area contributed by atoms with Crippen molar-refractivity contribution in [3.05, 3.63) is 72.7 Å². The molecule has 4 aromatic heterocycles. The molecule has 0 fully saturated rings. The first-order valence-corrected chi connectivity index (χ1v) is 8.48. The minimum absolute atomic E-state index is 0.571. The summed E-state index contributed by atoms with van der Waals surface area (Å²) in [4.78, 5) is 8.84. The van der Waals surface area contributed by atoms with E-state index >= 15 is 0 Å². The van der Waals surface area contributed by atoms with E-state index in [1.54, 1.807) is 12.4 Å². The second kappa shape index (κ2) is 4.79. The molecule has 1 aromatic carbocycles. The van der Waals surface area contributed by atoms with Crippen molar-refractivity contribution in [2.45, 2.75) is 6.54 Å². The van der Waals surface area contributed by atoms with E-state index in [1.807, 2.05) is 54.7 Å². The average molecular weight is 341 g/mol. The summed E-state index contributed by atoms with van der Waals surface area (Å²) in [5.74, 6) is 0.683. The third-order valence-electron chi connectivity index (χ3n) is 5.11. The van der Waals surface area contributed by atoms with Gasteiger partial charge >= 0.3 is 0 Å². The van der Waals surface area contributed by atoms with Crippen LogP contribution < -0.4 is 4.57 Å². The fourth-order valence-electron chi connectivity index (χ4n) is 4.06. The number of hydrogen-bond donors (Lipinski definition) is 0. The summed E-state index contributed by atoms with van der Waals surface area (Å²) in [5, 5.41) is 0.819. The molecule has 0 N–H and O–H groups in total. The molecule has 5 heterocycles. The number of imidazole rings is 1. The van der Waals surface area contributed by atoms with Gasteiger partial charge in [0, 0.05) is 24.2 Å². The van der Waals surface area contributed by atoms with Gasteiger partial charge in [0.2, 0.25) is 11.5 Å². The number of para-hydroxylation sites is 1. The minimum atomic E-state index is -2.34. The Balaban J connectivity index is 1.87. The van der Waals surface area contributed by atoms with Crippen LogP contribution in [0.3, 0.4) is 0 Å². The third-order valence-corrected chi connectivity index (χ3v) is 5.11. The highest BCUT2D eigenvalue weighted by Gasteiger charge is 2.36. The van der Waals surface area contributed by atoms with Crippen molar-refractivity contribution in [1.29, 1.82) is 0 Å². The van der Waals surface area contributed by atoms with Gasteiger partial charge in [-0.1, -0.05) is 18.2 Å². The molecule has 26 heavy (non-hydrogen) atoms. The SMILES string of the molecule is [2H]C([2H])([2H])n1c2[n+](c3c1c1cccnc1n3-c1ccccc1)Cc1cnccc1-2. The molecule has 5 nitrogen and oxygen atoms in total. The highest BCUT2D eigenvalue weighted by Crippen LogP contribution is 2.35. The summed E-state index contributed by atoms with van der Waals surface area (Å²) in [6, 6.07) is 15.6. The Morgan fingerprint density at radius 2 is 2.00 bits per heavy atom. The van der Waals surface area contributed by atoms with Gasteiger partial charge in [0.1, 0.15) is 5.69 Å². The van der Waals surface area contributed by atoms with Gasteiger partial charge in [0.05, 0.1) is 28.6 Å². The maximum absolute atomic E-state index is 8.31. The van der Waals surface area contributed by atoms with Crippen LogP contribution in [-0.2, 0) is 13.5 Å². The molecule has 0 saturated carbocycles. The number of aryl methyl sites for hydroxylation is 1. The van der Waals surface area contributed by atoms with Crippen LogP contribution in [0.15, 0.2) is 67.1 Å². The van der Waals surface area contributed by atoms with E-state index in [-0.39, 0.29) is 0 Å².